The Morgan fingerprint density at radius 3 is 2.68 bits per heavy atom. The van der Waals surface area contributed by atoms with Gasteiger partial charge in [0.05, 0.1) is 5.56 Å². The Balaban J connectivity index is 2.05. The van der Waals surface area contributed by atoms with Crippen LogP contribution < -0.4 is 5.32 Å². The molecule has 98 valence electrons. The highest BCUT2D eigenvalue weighted by Gasteiger charge is 2.17. The van der Waals surface area contributed by atoms with Crippen molar-refractivity contribution < 1.29 is 9.90 Å². The van der Waals surface area contributed by atoms with Crippen LogP contribution in [0.2, 0.25) is 0 Å². The van der Waals surface area contributed by atoms with E-state index in [-0.39, 0.29) is 0 Å². The van der Waals surface area contributed by atoms with Crippen LogP contribution in [-0.4, -0.2) is 28.6 Å². The Labute approximate surface area is 116 Å². The summed E-state index contributed by atoms with van der Waals surface area (Å²) in [7, 11) is 0. The van der Waals surface area contributed by atoms with Crippen LogP contribution in [-0.2, 0) is 0 Å². The van der Waals surface area contributed by atoms with Crippen LogP contribution in [0.3, 0.4) is 0 Å². The van der Waals surface area contributed by atoms with Gasteiger partial charge in [0.15, 0.2) is 0 Å². The highest BCUT2D eigenvalue weighted by molar-refractivity contribution is 7.99. The van der Waals surface area contributed by atoms with Crippen molar-refractivity contribution in [2.75, 3.05) is 16.8 Å². The summed E-state index contributed by atoms with van der Waals surface area (Å²) >= 11 is 1.96. The molecule has 19 heavy (non-hydrogen) atoms. The van der Waals surface area contributed by atoms with Gasteiger partial charge in [-0.25, -0.2) is 4.79 Å². The second-order valence-electron chi connectivity index (χ2n) is 4.72. The largest absolute Gasteiger partial charge is 0.478 e. The van der Waals surface area contributed by atoms with Crippen LogP contribution in [0.4, 0.5) is 5.69 Å². The first-order valence-corrected chi connectivity index (χ1v) is 7.50. The standard InChI is InChI=1S/C15H15NO2S/c17-15(18)13-5-6-14(16-10-7-8-19-9-10)12-4-2-1-3-11(12)13/h1-6,10,16H,7-9H2,(H,17,18). The molecule has 1 aliphatic rings. The lowest BCUT2D eigenvalue weighted by Gasteiger charge is -2.16. The van der Waals surface area contributed by atoms with Crippen molar-refractivity contribution >= 4 is 34.2 Å². The first kappa shape index (κ1) is 12.4. The van der Waals surface area contributed by atoms with Gasteiger partial charge in [-0.2, -0.15) is 11.8 Å². The minimum atomic E-state index is -0.876. The lowest BCUT2D eigenvalue weighted by molar-refractivity contribution is 0.0699. The van der Waals surface area contributed by atoms with Crippen molar-refractivity contribution in [2.45, 2.75) is 12.5 Å². The molecule has 0 aliphatic carbocycles. The van der Waals surface area contributed by atoms with E-state index in [2.05, 4.69) is 5.32 Å². The van der Waals surface area contributed by atoms with Crippen LogP contribution >= 0.6 is 11.8 Å². The second kappa shape index (κ2) is 5.13. The van der Waals surface area contributed by atoms with Gasteiger partial charge in [0.1, 0.15) is 0 Å². The van der Waals surface area contributed by atoms with E-state index in [0.29, 0.717) is 11.6 Å². The van der Waals surface area contributed by atoms with Gasteiger partial charge in [-0.1, -0.05) is 24.3 Å². The summed E-state index contributed by atoms with van der Waals surface area (Å²) in [5, 5.41) is 14.6. The Hall–Kier alpha value is -1.68. The molecule has 0 bridgehead atoms. The summed E-state index contributed by atoms with van der Waals surface area (Å²) in [5.74, 6) is 1.44. The molecule has 1 unspecified atom stereocenters. The molecule has 0 aromatic heterocycles. The number of anilines is 1. The molecular weight excluding hydrogens is 258 g/mol. The van der Waals surface area contributed by atoms with E-state index in [1.54, 1.807) is 6.07 Å². The van der Waals surface area contributed by atoms with Crippen LogP contribution in [0, 0.1) is 0 Å². The number of hydrogen-bond donors (Lipinski definition) is 2. The van der Waals surface area contributed by atoms with Crippen molar-refractivity contribution in [2.24, 2.45) is 0 Å². The topological polar surface area (TPSA) is 49.3 Å². The van der Waals surface area contributed by atoms with Gasteiger partial charge in [0, 0.05) is 22.9 Å². The van der Waals surface area contributed by atoms with Crippen LogP contribution in [0.1, 0.15) is 16.8 Å². The van der Waals surface area contributed by atoms with Crippen LogP contribution in [0.25, 0.3) is 10.8 Å². The predicted molar refractivity (Wildman–Crippen MR) is 80.3 cm³/mol. The normalized spacial score (nSPS) is 18.6. The average molecular weight is 273 g/mol. The third kappa shape index (κ3) is 2.40. The zero-order valence-corrected chi connectivity index (χ0v) is 11.2. The van der Waals surface area contributed by atoms with Crippen molar-refractivity contribution in [1.82, 2.24) is 0 Å². The van der Waals surface area contributed by atoms with E-state index < -0.39 is 5.97 Å². The van der Waals surface area contributed by atoms with Crippen molar-refractivity contribution in [3.63, 3.8) is 0 Å². The summed E-state index contributed by atoms with van der Waals surface area (Å²) in [5.41, 5.74) is 1.40. The first-order chi connectivity index (χ1) is 9.25. The monoisotopic (exact) mass is 273 g/mol. The zero-order chi connectivity index (χ0) is 13.2. The Morgan fingerprint density at radius 1 is 1.21 bits per heavy atom. The number of nitrogens with one attached hydrogen (secondary N) is 1. The summed E-state index contributed by atoms with van der Waals surface area (Å²) in [6, 6.07) is 11.7. The molecule has 1 heterocycles. The van der Waals surface area contributed by atoms with Crippen molar-refractivity contribution in [3.8, 4) is 0 Å². The second-order valence-corrected chi connectivity index (χ2v) is 5.87. The number of thioether (sulfide) groups is 1. The van der Waals surface area contributed by atoms with Crippen molar-refractivity contribution in [3.05, 3.63) is 42.0 Å². The van der Waals surface area contributed by atoms with Gasteiger partial charge in [0.2, 0.25) is 0 Å². The van der Waals surface area contributed by atoms with Gasteiger partial charge in [-0.05, 0) is 29.7 Å². The SMILES string of the molecule is O=C(O)c1ccc(NC2CCSC2)c2ccccc12. The van der Waals surface area contributed by atoms with E-state index in [1.807, 2.05) is 42.1 Å². The Morgan fingerprint density at radius 2 is 2.00 bits per heavy atom. The summed E-state index contributed by atoms with van der Waals surface area (Å²) in [6.07, 6.45) is 1.17. The quantitative estimate of drug-likeness (QED) is 0.899. The fourth-order valence-corrected chi connectivity index (χ4v) is 3.63. The summed E-state index contributed by atoms with van der Waals surface area (Å²) in [4.78, 5) is 11.2. The molecule has 3 rings (SSSR count). The van der Waals surface area contributed by atoms with Gasteiger partial charge in [-0.15, -0.1) is 0 Å². The molecular formula is C15H15NO2S. The van der Waals surface area contributed by atoms with Gasteiger partial charge >= 0.3 is 5.97 Å². The van der Waals surface area contributed by atoms with Gasteiger partial charge in [0.25, 0.3) is 0 Å². The number of carboxylic acid groups (broad SMARTS) is 1. The fourth-order valence-electron chi connectivity index (χ4n) is 2.48. The zero-order valence-electron chi connectivity index (χ0n) is 10.4. The minimum Gasteiger partial charge on any atom is -0.478 e. The smallest absolute Gasteiger partial charge is 0.336 e. The minimum absolute atomic E-state index is 0.363. The number of aromatic carboxylic acids is 1. The molecule has 1 fully saturated rings. The lowest BCUT2D eigenvalue weighted by Crippen LogP contribution is -2.18. The highest BCUT2D eigenvalue weighted by Crippen LogP contribution is 2.29. The van der Waals surface area contributed by atoms with E-state index in [4.69, 9.17) is 0 Å². The molecule has 2 aromatic rings. The van der Waals surface area contributed by atoms with E-state index in [9.17, 15) is 9.90 Å². The van der Waals surface area contributed by atoms with Gasteiger partial charge in [-0.3, -0.25) is 0 Å². The summed E-state index contributed by atoms with van der Waals surface area (Å²) in [6.45, 7) is 0. The molecule has 0 spiro atoms. The molecule has 1 aliphatic heterocycles. The highest BCUT2D eigenvalue weighted by atomic mass is 32.2. The van der Waals surface area contributed by atoms with Gasteiger partial charge < -0.3 is 10.4 Å². The maximum Gasteiger partial charge on any atom is 0.336 e. The van der Waals surface area contributed by atoms with Crippen LogP contribution in [0.15, 0.2) is 36.4 Å². The Bertz CT molecular complexity index is 621. The molecule has 0 amide bonds. The maximum atomic E-state index is 11.2. The molecule has 4 heteroatoms. The average Bonchev–Trinajstić information content (AvgIpc) is 2.91. The molecule has 2 N–H and O–H groups in total. The third-order valence-corrected chi connectivity index (χ3v) is 4.61. The third-order valence-electron chi connectivity index (χ3n) is 3.44. The molecule has 2 aromatic carbocycles. The molecule has 0 radical (unpaired) electrons. The number of fused-ring (bicyclic) bond motifs is 1. The predicted octanol–water partition coefficient (Wildman–Crippen LogP) is 3.46. The number of carboxylic acids is 1. The van der Waals surface area contributed by atoms with Crippen LogP contribution in [0.5, 0.6) is 0 Å². The number of rotatable bonds is 3. The molecule has 0 saturated carbocycles. The number of carbonyl (C=O) groups is 1. The van der Waals surface area contributed by atoms with Crippen molar-refractivity contribution in [1.29, 1.82) is 0 Å². The fraction of sp³-hybridized carbons (Fsp3) is 0.267. The number of benzene rings is 2. The van der Waals surface area contributed by atoms with E-state index in [0.717, 1.165) is 22.2 Å². The number of hydrogen-bond acceptors (Lipinski definition) is 3. The first-order valence-electron chi connectivity index (χ1n) is 6.35. The molecule has 3 nitrogen and oxygen atoms in total. The molecule has 1 saturated heterocycles. The Kier molecular flexibility index (Phi) is 3.34. The molecule has 1 atom stereocenters. The summed E-state index contributed by atoms with van der Waals surface area (Å²) < 4.78 is 0. The lowest BCUT2D eigenvalue weighted by atomic mass is 10.0. The maximum absolute atomic E-state index is 11.2. The van der Waals surface area contributed by atoms with E-state index in [1.165, 1.54) is 12.2 Å². The van der Waals surface area contributed by atoms with E-state index >= 15 is 0 Å².